The number of unbranched alkanes of at least 4 members (excludes halogenated alkanes) is 1. The van der Waals surface area contributed by atoms with Crippen molar-refractivity contribution in [3.8, 4) is 0 Å². The van der Waals surface area contributed by atoms with E-state index in [4.69, 9.17) is 14.2 Å². The van der Waals surface area contributed by atoms with Gasteiger partial charge in [0.25, 0.3) is 0 Å². The Kier molecular flexibility index (Phi) is 20.7. The van der Waals surface area contributed by atoms with Crippen LogP contribution in [0.15, 0.2) is 14.4 Å². The van der Waals surface area contributed by atoms with E-state index in [2.05, 4.69) is 6.92 Å². The van der Waals surface area contributed by atoms with Crippen LogP contribution in [0, 0.1) is 16.2 Å². The molecular weight excluding hydrogens is 702 g/mol. The summed E-state index contributed by atoms with van der Waals surface area (Å²) in [6, 6.07) is 0. The molecule has 0 saturated carbocycles. The van der Waals surface area contributed by atoms with Gasteiger partial charge in [0.1, 0.15) is 39.5 Å². The first-order valence-electron chi connectivity index (χ1n) is 19.7. The summed E-state index contributed by atoms with van der Waals surface area (Å²) in [5, 5.41) is 31.7. The summed E-state index contributed by atoms with van der Waals surface area (Å²) in [7, 11) is 0. The lowest BCUT2D eigenvalue weighted by atomic mass is 9.78. The average molecular weight is 772 g/mol. The Labute approximate surface area is 320 Å². The van der Waals surface area contributed by atoms with Crippen molar-refractivity contribution < 1.29 is 43.9 Å². The zero-order chi connectivity index (χ0) is 41.3. The highest BCUT2D eigenvalue weighted by molar-refractivity contribution is 5.70. The molecule has 0 aliphatic rings. The number of carbonyl (C=O) groups is 3. The third-order valence-electron chi connectivity index (χ3n) is 11.1. The van der Waals surface area contributed by atoms with Crippen LogP contribution in [0.1, 0.15) is 139 Å². The largest absolute Gasteiger partial charge is 0.462 e. The molecule has 0 aliphatic heterocycles. The van der Waals surface area contributed by atoms with Crippen LogP contribution in [-0.4, -0.2) is 85.1 Å². The number of hydrogen-bond donors (Lipinski definition) is 3. The van der Waals surface area contributed by atoms with E-state index in [9.17, 15) is 44.1 Å². The zero-order valence-electron chi connectivity index (χ0n) is 34.3. The molecule has 0 saturated heterocycles. The minimum Gasteiger partial charge on any atom is -0.462 e. The summed E-state index contributed by atoms with van der Waals surface area (Å²) >= 11 is 0. The Morgan fingerprint density at radius 1 is 0.519 bits per heavy atom. The van der Waals surface area contributed by atoms with Gasteiger partial charge in [-0.3, -0.25) is 14.4 Å². The standard InChI is InChI=1S/C39H69N3O12/c1-10-16-18-39(9,15-6)21-30(45)27-54-33(48)24-42-35(50)40(22-31(46)52-25-28(43)19-37(7,12-3)13-4)34(49)41(36(42)51)23-32(47)53-26-29(44)20-38(8,14-5)17-11-2/h28-30,43-45H,10-27H2,1-9H3. The quantitative estimate of drug-likeness (QED) is 0.0865. The third kappa shape index (κ3) is 15.8. The van der Waals surface area contributed by atoms with Gasteiger partial charge in [-0.2, -0.15) is 0 Å². The van der Waals surface area contributed by atoms with Crippen LogP contribution in [0.5, 0.6) is 0 Å². The first kappa shape index (κ1) is 48.7. The highest BCUT2D eigenvalue weighted by atomic mass is 16.6. The van der Waals surface area contributed by atoms with Crippen molar-refractivity contribution in [1.29, 1.82) is 0 Å². The fourth-order valence-corrected chi connectivity index (χ4v) is 6.66. The van der Waals surface area contributed by atoms with Gasteiger partial charge in [0.15, 0.2) is 0 Å². The molecule has 0 bridgehead atoms. The highest BCUT2D eigenvalue weighted by Crippen LogP contribution is 2.34. The Balaban J connectivity index is 3.32. The van der Waals surface area contributed by atoms with E-state index in [0.717, 1.165) is 57.8 Å². The molecule has 0 aliphatic carbocycles. The van der Waals surface area contributed by atoms with Crippen molar-refractivity contribution in [2.24, 2.45) is 16.2 Å². The highest BCUT2D eigenvalue weighted by Gasteiger charge is 2.29. The lowest BCUT2D eigenvalue weighted by molar-refractivity contribution is -0.148. The zero-order valence-corrected chi connectivity index (χ0v) is 34.3. The first-order chi connectivity index (χ1) is 25.2. The van der Waals surface area contributed by atoms with E-state index in [-0.39, 0.29) is 16.2 Å². The van der Waals surface area contributed by atoms with E-state index in [0.29, 0.717) is 33.0 Å². The van der Waals surface area contributed by atoms with Gasteiger partial charge in [-0.05, 0) is 48.3 Å². The lowest BCUT2D eigenvalue weighted by Gasteiger charge is -2.30. The molecule has 1 rings (SSSR count). The molecule has 1 heterocycles. The maximum absolute atomic E-state index is 13.5. The molecule has 0 aromatic carbocycles. The third-order valence-corrected chi connectivity index (χ3v) is 11.1. The van der Waals surface area contributed by atoms with Gasteiger partial charge >= 0.3 is 35.0 Å². The van der Waals surface area contributed by atoms with Gasteiger partial charge in [0, 0.05) is 0 Å². The minimum atomic E-state index is -1.34. The van der Waals surface area contributed by atoms with E-state index < -0.39 is 92.7 Å². The molecular formula is C39H69N3O12. The van der Waals surface area contributed by atoms with Gasteiger partial charge in [0.05, 0.1) is 18.3 Å². The van der Waals surface area contributed by atoms with Crippen LogP contribution >= 0.6 is 0 Å². The maximum Gasteiger partial charge on any atom is 0.337 e. The Hall–Kier alpha value is -3.30. The van der Waals surface area contributed by atoms with Gasteiger partial charge in [-0.15, -0.1) is 0 Å². The molecule has 0 amide bonds. The molecule has 0 fully saturated rings. The molecule has 5 atom stereocenters. The van der Waals surface area contributed by atoms with Crippen LogP contribution < -0.4 is 17.1 Å². The smallest absolute Gasteiger partial charge is 0.337 e. The predicted molar refractivity (Wildman–Crippen MR) is 204 cm³/mol. The molecule has 0 radical (unpaired) electrons. The molecule has 15 nitrogen and oxygen atoms in total. The number of rotatable bonds is 27. The number of esters is 3. The van der Waals surface area contributed by atoms with Gasteiger partial charge < -0.3 is 29.5 Å². The Morgan fingerprint density at radius 3 is 1.09 bits per heavy atom. The van der Waals surface area contributed by atoms with Crippen molar-refractivity contribution in [3.05, 3.63) is 31.5 Å². The molecule has 1 aromatic rings. The fourth-order valence-electron chi connectivity index (χ4n) is 6.66. The second-order valence-corrected chi connectivity index (χ2v) is 15.9. The monoisotopic (exact) mass is 771 g/mol. The first-order valence-corrected chi connectivity index (χ1v) is 19.7. The van der Waals surface area contributed by atoms with Crippen LogP contribution in [0.2, 0.25) is 0 Å². The minimum absolute atomic E-state index is 0.186. The molecule has 5 unspecified atom stereocenters. The van der Waals surface area contributed by atoms with E-state index >= 15 is 0 Å². The number of hydrogen-bond acceptors (Lipinski definition) is 12. The molecule has 0 spiro atoms. The molecule has 312 valence electrons. The summed E-state index contributed by atoms with van der Waals surface area (Å²) < 4.78 is 16.6. The summed E-state index contributed by atoms with van der Waals surface area (Å²) in [6.07, 6.45) is 5.72. The van der Waals surface area contributed by atoms with Crippen molar-refractivity contribution in [3.63, 3.8) is 0 Å². The second kappa shape index (κ2) is 22.9. The van der Waals surface area contributed by atoms with Crippen molar-refractivity contribution in [2.75, 3.05) is 19.8 Å². The van der Waals surface area contributed by atoms with Crippen molar-refractivity contribution >= 4 is 17.9 Å². The maximum atomic E-state index is 13.5. The number of aliphatic hydroxyl groups excluding tert-OH is 3. The van der Waals surface area contributed by atoms with E-state index in [1.807, 2.05) is 55.4 Å². The number of ether oxygens (including phenoxy) is 3. The van der Waals surface area contributed by atoms with Crippen LogP contribution in [-0.2, 0) is 48.2 Å². The van der Waals surface area contributed by atoms with Crippen molar-refractivity contribution in [2.45, 2.75) is 177 Å². The SMILES string of the molecule is CCCCC(C)(CC)CC(O)COC(=O)Cn1c(=O)n(CC(=O)OCC(O)CC(C)(CC)CC)c(=O)n(CC(=O)OCC(O)CC(C)(CC)CCC)c1=O. The van der Waals surface area contributed by atoms with Gasteiger partial charge in [-0.25, -0.2) is 28.1 Å². The summed E-state index contributed by atoms with van der Waals surface area (Å²) in [6.45, 7) is 13.9. The summed E-state index contributed by atoms with van der Waals surface area (Å²) in [5.74, 6) is -3.23. The van der Waals surface area contributed by atoms with Gasteiger partial charge in [0.2, 0.25) is 0 Å². The fraction of sp³-hybridized carbons (Fsp3) is 0.846. The molecule has 1 aromatic heterocycles. The summed E-state index contributed by atoms with van der Waals surface area (Å²) in [5.41, 5.74) is -4.58. The number of nitrogens with zero attached hydrogens (tertiary/aromatic N) is 3. The lowest BCUT2D eigenvalue weighted by Crippen LogP contribution is -2.56. The number of aliphatic hydroxyl groups is 3. The van der Waals surface area contributed by atoms with Crippen LogP contribution in [0.4, 0.5) is 0 Å². The van der Waals surface area contributed by atoms with Crippen LogP contribution in [0.3, 0.4) is 0 Å². The van der Waals surface area contributed by atoms with E-state index in [1.54, 1.807) is 0 Å². The molecule has 15 heteroatoms. The summed E-state index contributed by atoms with van der Waals surface area (Å²) in [4.78, 5) is 79.1. The normalized spacial score (nSPS) is 15.8. The predicted octanol–water partition coefficient (Wildman–Crippen LogP) is 3.70. The van der Waals surface area contributed by atoms with Gasteiger partial charge in [-0.1, -0.05) is 107 Å². The topological polar surface area (TPSA) is 206 Å². The average Bonchev–Trinajstić information content (AvgIpc) is 3.13. The van der Waals surface area contributed by atoms with Crippen LogP contribution in [0.25, 0.3) is 0 Å². The Morgan fingerprint density at radius 2 is 0.815 bits per heavy atom. The van der Waals surface area contributed by atoms with E-state index in [1.165, 1.54) is 0 Å². The molecule has 3 N–H and O–H groups in total. The Bertz CT molecular complexity index is 1510. The molecule has 54 heavy (non-hydrogen) atoms. The second-order valence-electron chi connectivity index (χ2n) is 15.9. The number of carbonyl (C=O) groups excluding carboxylic acids is 3. The van der Waals surface area contributed by atoms with Crippen molar-refractivity contribution in [1.82, 2.24) is 13.7 Å². The number of aromatic nitrogens is 3.